The summed E-state index contributed by atoms with van der Waals surface area (Å²) in [7, 11) is 2.28. The third kappa shape index (κ3) is 4.95. The smallest absolute Gasteiger partial charge is 0.128 e. The summed E-state index contributed by atoms with van der Waals surface area (Å²) in [6, 6.07) is 4.49. The lowest BCUT2D eigenvalue weighted by atomic mass is 9.86. The van der Waals surface area contributed by atoms with Crippen molar-refractivity contribution in [1.82, 2.24) is 9.88 Å². The number of anilines is 1. The van der Waals surface area contributed by atoms with Gasteiger partial charge in [0.2, 0.25) is 0 Å². The van der Waals surface area contributed by atoms with E-state index in [9.17, 15) is 0 Å². The van der Waals surface area contributed by atoms with E-state index in [0.29, 0.717) is 0 Å². The van der Waals surface area contributed by atoms with Crippen LogP contribution in [-0.4, -0.2) is 43.1 Å². The Morgan fingerprint density at radius 3 is 2.50 bits per heavy atom. The Kier molecular flexibility index (Phi) is 6.53. The van der Waals surface area contributed by atoms with Gasteiger partial charge in [-0.05, 0) is 75.6 Å². The Labute approximate surface area is 148 Å². The number of hydrogen-bond donors (Lipinski definition) is 0. The molecule has 3 rings (SSSR count). The molecule has 134 valence electrons. The van der Waals surface area contributed by atoms with E-state index in [2.05, 4.69) is 42.1 Å². The lowest BCUT2D eigenvalue weighted by Crippen LogP contribution is -2.35. The summed E-state index contributed by atoms with van der Waals surface area (Å²) >= 11 is 0. The van der Waals surface area contributed by atoms with Crippen molar-refractivity contribution >= 4 is 5.82 Å². The van der Waals surface area contributed by atoms with Crippen molar-refractivity contribution in [3.8, 4) is 0 Å². The van der Waals surface area contributed by atoms with Crippen molar-refractivity contribution < 1.29 is 0 Å². The van der Waals surface area contributed by atoms with Crippen LogP contribution < -0.4 is 4.90 Å². The molecule has 0 spiro atoms. The van der Waals surface area contributed by atoms with Gasteiger partial charge in [0.25, 0.3) is 0 Å². The van der Waals surface area contributed by atoms with Crippen molar-refractivity contribution in [3.63, 3.8) is 0 Å². The largest absolute Gasteiger partial charge is 0.357 e. The normalized spacial score (nSPS) is 23.6. The predicted octanol–water partition coefficient (Wildman–Crippen LogP) is 4.37. The Morgan fingerprint density at radius 2 is 1.83 bits per heavy atom. The molecule has 1 aromatic rings. The van der Waals surface area contributed by atoms with E-state index >= 15 is 0 Å². The second-order valence-corrected chi connectivity index (χ2v) is 8.05. The van der Waals surface area contributed by atoms with Crippen LogP contribution in [-0.2, 0) is 6.42 Å². The highest BCUT2D eigenvalue weighted by Gasteiger charge is 2.23. The average Bonchev–Trinajstić information content (AvgIpc) is 2.62. The van der Waals surface area contributed by atoms with Gasteiger partial charge in [-0.25, -0.2) is 4.98 Å². The lowest BCUT2D eigenvalue weighted by molar-refractivity contribution is 0.190. The summed E-state index contributed by atoms with van der Waals surface area (Å²) in [5.41, 5.74) is 1.37. The number of hydrogen-bond acceptors (Lipinski definition) is 3. The first-order valence-corrected chi connectivity index (χ1v) is 10.1. The van der Waals surface area contributed by atoms with E-state index in [0.717, 1.165) is 18.3 Å². The van der Waals surface area contributed by atoms with Crippen LogP contribution in [0.5, 0.6) is 0 Å². The molecule has 2 saturated heterocycles. The molecule has 3 heterocycles. The Morgan fingerprint density at radius 1 is 1.04 bits per heavy atom. The molecule has 2 aliphatic heterocycles. The maximum Gasteiger partial charge on any atom is 0.128 e. The molecule has 0 N–H and O–H groups in total. The fourth-order valence-corrected chi connectivity index (χ4v) is 4.47. The maximum absolute atomic E-state index is 4.69. The zero-order valence-corrected chi connectivity index (χ0v) is 15.7. The van der Waals surface area contributed by atoms with E-state index in [1.54, 1.807) is 0 Å². The maximum atomic E-state index is 4.69. The molecule has 0 saturated carbocycles. The van der Waals surface area contributed by atoms with E-state index in [-0.39, 0.29) is 0 Å². The van der Waals surface area contributed by atoms with Gasteiger partial charge in [0.05, 0.1) is 0 Å². The number of aromatic nitrogens is 1. The summed E-state index contributed by atoms with van der Waals surface area (Å²) in [6.45, 7) is 7.24. The molecular weight excluding hydrogens is 294 g/mol. The number of rotatable bonds is 6. The van der Waals surface area contributed by atoms with Gasteiger partial charge < -0.3 is 9.80 Å². The quantitative estimate of drug-likeness (QED) is 0.772. The second-order valence-electron chi connectivity index (χ2n) is 8.05. The summed E-state index contributed by atoms with van der Waals surface area (Å²) in [5, 5.41) is 0. The van der Waals surface area contributed by atoms with Gasteiger partial charge in [-0.1, -0.05) is 25.8 Å². The van der Waals surface area contributed by atoms with Crippen LogP contribution >= 0.6 is 0 Å². The minimum Gasteiger partial charge on any atom is -0.357 e. The van der Waals surface area contributed by atoms with Crippen LogP contribution in [0.2, 0.25) is 0 Å². The fraction of sp³-hybridized carbons (Fsp3) is 0.762. The molecule has 3 nitrogen and oxygen atoms in total. The van der Waals surface area contributed by atoms with E-state index < -0.39 is 0 Å². The van der Waals surface area contributed by atoms with Crippen molar-refractivity contribution in [2.75, 3.05) is 38.1 Å². The van der Waals surface area contributed by atoms with Gasteiger partial charge in [-0.2, -0.15) is 0 Å². The topological polar surface area (TPSA) is 19.4 Å². The van der Waals surface area contributed by atoms with E-state index in [1.807, 2.05) is 0 Å². The van der Waals surface area contributed by atoms with Gasteiger partial charge >= 0.3 is 0 Å². The highest BCUT2D eigenvalue weighted by Crippen LogP contribution is 2.28. The van der Waals surface area contributed by atoms with Crippen LogP contribution in [0, 0.1) is 11.8 Å². The Balaban J connectivity index is 1.40. The molecule has 0 aliphatic carbocycles. The molecule has 24 heavy (non-hydrogen) atoms. The second kappa shape index (κ2) is 8.84. The van der Waals surface area contributed by atoms with Gasteiger partial charge in [0.15, 0.2) is 0 Å². The summed E-state index contributed by atoms with van der Waals surface area (Å²) in [5.74, 6) is 3.07. The van der Waals surface area contributed by atoms with E-state index in [1.165, 1.54) is 82.5 Å². The first kappa shape index (κ1) is 17.7. The zero-order chi connectivity index (χ0) is 16.8. The molecule has 1 atom stereocenters. The van der Waals surface area contributed by atoms with Crippen LogP contribution in [0.25, 0.3) is 0 Å². The average molecular weight is 330 g/mol. The highest BCUT2D eigenvalue weighted by molar-refractivity contribution is 5.39. The molecule has 2 aliphatic rings. The standard InChI is InChI=1S/C21H35N3/c1-3-5-19-9-10-21(22-16-19)24-14-11-18(12-15-24)7-8-20-6-4-13-23(2)17-20/h9-10,16,18,20H,3-8,11-15,17H2,1-2H3. The number of nitrogens with zero attached hydrogens (tertiary/aromatic N) is 3. The molecule has 3 heteroatoms. The first-order valence-electron chi connectivity index (χ1n) is 10.1. The lowest BCUT2D eigenvalue weighted by Gasteiger charge is -2.34. The van der Waals surface area contributed by atoms with Crippen LogP contribution in [0.3, 0.4) is 0 Å². The first-order chi connectivity index (χ1) is 11.7. The molecule has 0 amide bonds. The predicted molar refractivity (Wildman–Crippen MR) is 103 cm³/mol. The van der Waals surface area contributed by atoms with Crippen molar-refractivity contribution in [3.05, 3.63) is 23.9 Å². The minimum atomic E-state index is 0.938. The summed E-state index contributed by atoms with van der Waals surface area (Å²) < 4.78 is 0. The SMILES string of the molecule is CCCc1ccc(N2CCC(CCC3CCCN(C)C3)CC2)nc1. The van der Waals surface area contributed by atoms with Gasteiger partial charge in [0, 0.05) is 25.8 Å². The third-order valence-corrected chi connectivity index (χ3v) is 5.99. The summed E-state index contributed by atoms with van der Waals surface area (Å²) in [6.07, 6.45) is 12.9. The third-order valence-electron chi connectivity index (χ3n) is 5.99. The van der Waals surface area contributed by atoms with Gasteiger partial charge in [0.1, 0.15) is 5.82 Å². The highest BCUT2D eigenvalue weighted by atomic mass is 15.2. The molecule has 2 fully saturated rings. The van der Waals surface area contributed by atoms with Crippen LogP contribution in [0.4, 0.5) is 5.82 Å². The van der Waals surface area contributed by atoms with Crippen LogP contribution in [0.1, 0.15) is 57.4 Å². The van der Waals surface area contributed by atoms with E-state index in [4.69, 9.17) is 4.98 Å². The molecule has 0 bridgehead atoms. The fourth-order valence-electron chi connectivity index (χ4n) is 4.47. The zero-order valence-electron chi connectivity index (χ0n) is 15.7. The molecular formula is C21H35N3. The van der Waals surface area contributed by atoms with Crippen molar-refractivity contribution in [2.24, 2.45) is 11.8 Å². The number of likely N-dealkylation sites (tertiary alicyclic amines) is 1. The molecule has 0 radical (unpaired) electrons. The van der Waals surface area contributed by atoms with Crippen molar-refractivity contribution in [2.45, 2.75) is 58.3 Å². The Hall–Kier alpha value is -1.09. The number of aryl methyl sites for hydroxylation is 1. The summed E-state index contributed by atoms with van der Waals surface area (Å²) in [4.78, 5) is 9.70. The van der Waals surface area contributed by atoms with Crippen LogP contribution in [0.15, 0.2) is 18.3 Å². The molecule has 1 unspecified atom stereocenters. The minimum absolute atomic E-state index is 0.938. The van der Waals surface area contributed by atoms with Gasteiger partial charge in [-0.15, -0.1) is 0 Å². The number of piperidine rings is 2. The van der Waals surface area contributed by atoms with Gasteiger partial charge in [-0.3, -0.25) is 0 Å². The monoisotopic (exact) mass is 329 g/mol. The molecule has 1 aromatic heterocycles. The van der Waals surface area contributed by atoms with Crippen molar-refractivity contribution in [1.29, 1.82) is 0 Å². The molecule has 0 aromatic carbocycles. The number of pyridine rings is 1. The Bertz CT molecular complexity index is 476.